The van der Waals surface area contributed by atoms with Crippen molar-refractivity contribution in [2.75, 3.05) is 19.6 Å². The highest BCUT2D eigenvalue weighted by Gasteiger charge is 2.35. The van der Waals surface area contributed by atoms with Gasteiger partial charge in [-0.15, -0.1) is 0 Å². The van der Waals surface area contributed by atoms with Gasteiger partial charge in [0.05, 0.1) is 0 Å². The Bertz CT molecular complexity index is 836. The van der Waals surface area contributed by atoms with E-state index in [1.54, 1.807) is 6.07 Å². The molecule has 2 aromatic rings. The molecule has 134 valence electrons. The van der Waals surface area contributed by atoms with Crippen molar-refractivity contribution in [3.8, 4) is 0 Å². The van der Waals surface area contributed by atoms with Gasteiger partial charge >= 0.3 is 5.63 Å². The predicted octanol–water partition coefficient (Wildman–Crippen LogP) is 3.47. The normalized spacial score (nSPS) is 23.1. The first-order valence-electron chi connectivity index (χ1n) is 9.53. The van der Waals surface area contributed by atoms with E-state index in [4.69, 9.17) is 4.42 Å². The van der Waals surface area contributed by atoms with Crippen LogP contribution in [0.25, 0.3) is 11.0 Å². The second kappa shape index (κ2) is 6.58. The molecule has 0 bridgehead atoms. The number of nitrogens with zero attached hydrogens (tertiary/aromatic N) is 2. The molecular formula is C21H28N2O2. The molecule has 2 aliphatic heterocycles. The van der Waals surface area contributed by atoms with E-state index in [1.807, 2.05) is 6.07 Å². The molecule has 4 rings (SSSR count). The van der Waals surface area contributed by atoms with Crippen molar-refractivity contribution < 1.29 is 4.42 Å². The van der Waals surface area contributed by atoms with Gasteiger partial charge in [-0.2, -0.15) is 0 Å². The fourth-order valence-electron chi connectivity index (χ4n) is 4.40. The molecule has 2 saturated heterocycles. The standard InChI is InChI=1S/C21H28N2O2/c1-14-8-19-17(10-21(24)25-20(19)9-15(14)2)11-22-12-18(13-22)23-7-5-4-6-16(23)3/h8-10,16,18H,4-7,11-13H2,1-3H3. The zero-order chi connectivity index (χ0) is 17.6. The third kappa shape index (κ3) is 3.25. The van der Waals surface area contributed by atoms with Crippen LogP contribution in [0.2, 0.25) is 0 Å². The van der Waals surface area contributed by atoms with E-state index < -0.39 is 0 Å². The number of likely N-dealkylation sites (tertiary alicyclic amines) is 2. The highest BCUT2D eigenvalue weighted by Crippen LogP contribution is 2.27. The Kier molecular flexibility index (Phi) is 4.42. The number of hydrogen-bond acceptors (Lipinski definition) is 4. The van der Waals surface area contributed by atoms with Crippen LogP contribution in [0.3, 0.4) is 0 Å². The van der Waals surface area contributed by atoms with Gasteiger partial charge in [-0.25, -0.2) is 4.79 Å². The minimum absolute atomic E-state index is 0.243. The summed E-state index contributed by atoms with van der Waals surface area (Å²) in [5.41, 5.74) is 3.97. The van der Waals surface area contributed by atoms with Crippen LogP contribution in [0.5, 0.6) is 0 Å². The molecule has 1 aromatic carbocycles. The average molecular weight is 340 g/mol. The maximum Gasteiger partial charge on any atom is 0.336 e. The van der Waals surface area contributed by atoms with Crippen molar-refractivity contribution in [2.24, 2.45) is 0 Å². The molecule has 2 fully saturated rings. The summed E-state index contributed by atoms with van der Waals surface area (Å²) in [6.07, 6.45) is 4.04. The van der Waals surface area contributed by atoms with Gasteiger partial charge in [0.1, 0.15) is 5.58 Å². The van der Waals surface area contributed by atoms with Crippen LogP contribution < -0.4 is 5.63 Å². The van der Waals surface area contributed by atoms with Gasteiger partial charge in [0.15, 0.2) is 0 Å². The molecule has 0 radical (unpaired) electrons. The van der Waals surface area contributed by atoms with Crippen molar-refractivity contribution in [3.05, 3.63) is 45.3 Å². The highest BCUT2D eigenvalue weighted by molar-refractivity contribution is 5.81. The van der Waals surface area contributed by atoms with E-state index in [0.29, 0.717) is 11.6 Å². The predicted molar refractivity (Wildman–Crippen MR) is 101 cm³/mol. The van der Waals surface area contributed by atoms with Crippen molar-refractivity contribution in [1.29, 1.82) is 0 Å². The van der Waals surface area contributed by atoms with Gasteiger partial charge in [0.2, 0.25) is 0 Å². The lowest BCUT2D eigenvalue weighted by Crippen LogP contribution is -2.61. The van der Waals surface area contributed by atoms with E-state index in [2.05, 4.69) is 36.6 Å². The smallest absolute Gasteiger partial charge is 0.336 e. The summed E-state index contributed by atoms with van der Waals surface area (Å²) >= 11 is 0. The fraction of sp³-hybridized carbons (Fsp3) is 0.571. The highest BCUT2D eigenvalue weighted by atomic mass is 16.4. The number of aryl methyl sites for hydroxylation is 2. The van der Waals surface area contributed by atoms with Gasteiger partial charge in [-0.1, -0.05) is 6.42 Å². The van der Waals surface area contributed by atoms with Crippen LogP contribution >= 0.6 is 0 Å². The zero-order valence-electron chi connectivity index (χ0n) is 15.5. The van der Waals surface area contributed by atoms with Gasteiger partial charge < -0.3 is 4.42 Å². The zero-order valence-corrected chi connectivity index (χ0v) is 15.5. The summed E-state index contributed by atoms with van der Waals surface area (Å²) < 4.78 is 5.42. The summed E-state index contributed by atoms with van der Waals surface area (Å²) in [4.78, 5) is 17.1. The Balaban J connectivity index is 1.50. The largest absolute Gasteiger partial charge is 0.423 e. The lowest BCUT2D eigenvalue weighted by atomic mass is 9.96. The molecule has 0 saturated carbocycles. The Morgan fingerprint density at radius 3 is 2.64 bits per heavy atom. The molecule has 1 unspecified atom stereocenters. The molecule has 25 heavy (non-hydrogen) atoms. The number of benzene rings is 1. The van der Waals surface area contributed by atoms with Crippen LogP contribution in [0.15, 0.2) is 27.4 Å². The lowest BCUT2D eigenvalue weighted by molar-refractivity contribution is -0.00606. The van der Waals surface area contributed by atoms with Gasteiger partial charge in [0.25, 0.3) is 0 Å². The molecule has 2 aliphatic rings. The summed E-state index contributed by atoms with van der Waals surface area (Å²) in [6, 6.07) is 7.23. The first kappa shape index (κ1) is 16.8. The molecule has 0 spiro atoms. The minimum Gasteiger partial charge on any atom is -0.423 e. The summed E-state index contributed by atoms with van der Waals surface area (Å²) in [6.45, 7) is 10.8. The SMILES string of the molecule is Cc1cc2oc(=O)cc(CN3CC(N4CCCCC4C)C3)c2cc1C. The Morgan fingerprint density at radius 2 is 1.88 bits per heavy atom. The van der Waals surface area contributed by atoms with Crippen LogP contribution in [-0.4, -0.2) is 41.5 Å². The van der Waals surface area contributed by atoms with Crippen LogP contribution in [0.1, 0.15) is 42.9 Å². The van der Waals surface area contributed by atoms with Gasteiger partial charge in [-0.3, -0.25) is 9.80 Å². The maximum absolute atomic E-state index is 11.9. The Labute approximate surface area is 149 Å². The summed E-state index contributed by atoms with van der Waals surface area (Å²) in [7, 11) is 0. The number of fused-ring (bicyclic) bond motifs is 1. The van der Waals surface area contributed by atoms with Gasteiger partial charge in [0, 0.05) is 43.2 Å². The average Bonchev–Trinajstić information content (AvgIpc) is 2.53. The molecule has 3 heterocycles. The molecular weight excluding hydrogens is 312 g/mol. The van der Waals surface area contributed by atoms with E-state index in [0.717, 1.165) is 42.2 Å². The summed E-state index contributed by atoms with van der Waals surface area (Å²) in [5, 5.41) is 1.08. The first-order valence-corrected chi connectivity index (χ1v) is 9.53. The van der Waals surface area contributed by atoms with Crippen LogP contribution in [0.4, 0.5) is 0 Å². The maximum atomic E-state index is 11.9. The number of rotatable bonds is 3. The monoisotopic (exact) mass is 340 g/mol. The Morgan fingerprint density at radius 1 is 1.12 bits per heavy atom. The fourth-order valence-corrected chi connectivity index (χ4v) is 4.40. The Hall–Kier alpha value is -1.65. The van der Waals surface area contributed by atoms with E-state index >= 15 is 0 Å². The van der Waals surface area contributed by atoms with Crippen molar-refractivity contribution in [3.63, 3.8) is 0 Å². The molecule has 0 amide bonds. The second-order valence-electron chi connectivity index (χ2n) is 7.95. The molecule has 1 aromatic heterocycles. The van der Waals surface area contributed by atoms with E-state index in [1.165, 1.54) is 31.4 Å². The first-order chi connectivity index (χ1) is 12.0. The molecule has 4 heteroatoms. The molecule has 0 N–H and O–H groups in total. The van der Waals surface area contributed by atoms with E-state index in [9.17, 15) is 4.79 Å². The molecule has 1 atom stereocenters. The van der Waals surface area contributed by atoms with Crippen molar-refractivity contribution >= 4 is 11.0 Å². The summed E-state index contributed by atoms with van der Waals surface area (Å²) in [5.74, 6) is 0. The van der Waals surface area contributed by atoms with Gasteiger partial charge in [-0.05, 0) is 69.0 Å². The van der Waals surface area contributed by atoms with E-state index in [-0.39, 0.29) is 5.63 Å². The number of piperidine rings is 1. The number of hydrogen-bond donors (Lipinski definition) is 0. The molecule has 0 aliphatic carbocycles. The lowest BCUT2D eigenvalue weighted by Gasteiger charge is -2.49. The topological polar surface area (TPSA) is 36.7 Å². The van der Waals surface area contributed by atoms with Crippen molar-refractivity contribution in [2.45, 2.75) is 58.7 Å². The quantitative estimate of drug-likeness (QED) is 0.802. The third-order valence-corrected chi connectivity index (χ3v) is 6.10. The van der Waals surface area contributed by atoms with Crippen LogP contribution in [0, 0.1) is 13.8 Å². The minimum atomic E-state index is -0.243. The second-order valence-corrected chi connectivity index (χ2v) is 7.95. The third-order valence-electron chi connectivity index (χ3n) is 6.10. The van der Waals surface area contributed by atoms with Crippen LogP contribution in [-0.2, 0) is 6.54 Å². The molecule has 4 nitrogen and oxygen atoms in total. The van der Waals surface area contributed by atoms with Crippen molar-refractivity contribution in [1.82, 2.24) is 9.80 Å².